The van der Waals surface area contributed by atoms with Crippen LogP contribution in [0.5, 0.6) is 0 Å². The molecule has 0 radical (unpaired) electrons. The summed E-state index contributed by atoms with van der Waals surface area (Å²) in [5, 5.41) is 2.04. The van der Waals surface area contributed by atoms with Crippen molar-refractivity contribution in [2.75, 3.05) is 13.7 Å². The number of carbonyl (C=O) groups excluding carboxylic acids is 2. The molecule has 34 heavy (non-hydrogen) atoms. The molecule has 0 heterocycles. The summed E-state index contributed by atoms with van der Waals surface area (Å²) in [5.41, 5.74) is -4.08. The minimum absolute atomic E-state index is 0.258. The number of methoxy groups -OCH3 is 1. The van der Waals surface area contributed by atoms with Gasteiger partial charge in [-0.1, -0.05) is 24.3 Å². The van der Waals surface area contributed by atoms with Crippen molar-refractivity contribution in [1.82, 2.24) is 5.32 Å². The SMILES string of the molecule is COC(=O)CNC(=O)c1c(F)cccc1F.Cc1cccc2c1CC=C2OS(=O)(=O)C(F)(F)F. The Morgan fingerprint density at radius 1 is 1.06 bits per heavy atom. The molecule has 184 valence electrons. The first-order valence-electron chi connectivity index (χ1n) is 9.37. The number of alkyl halides is 3. The maximum Gasteiger partial charge on any atom is 0.534 e. The molecular weight excluding hydrogens is 489 g/mol. The van der Waals surface area contributed by atoms with E-state index in [1.54, 1.807) is 19.1 Å². The molecule has 1 aliphatic rings. The van der Waals surface area contributed by atoms with E-state index in [-0.39, 0.29) is 5.76 Å². The molecule has 2 aromatic rings. The van der Waals surface area contributed by atoms with Crippen molar-refractivity contribution in [3.8, 4) is 0 Å². The molecule has 1 amide bonds. The molecule has 3 rings (SSSR count). The number of hydrogen-bond acceptors (Lipinski definition) is 6. The second kappa shape index (κ2) is 10.6. The fraction of sp³-hybridized carbons (Fsp3) is 0.238. The quantitative estimate of drug-likeness (QED) is 0.287. The van der Waals surface area contributed by atoms with Gasteiger partial charge in [-0.15, -0.1) is 0 Å². The number of halogens is 5. The summed E-state index contributed by atoms with van der Waals surface area (Å²) in [6, 6.07) is 8.02. The Balaban J connectivity index is 0.000000242. The average Bonchev–Trinajstić information content (AvgIpc) is 3.15. The molecule has 0 bridgehead atoms. The lowest BCUT2D eigenvalue weighted by Crippen LogP contribution is -2.31. The molecule has 2 aromatic carbocycles. The molecule has 13 heteroatoms. The van der Waals surface area contributed by atoms with Crippen LogP contribution in [0.15, 0.2) is 42.5 Å². The van der Waals surface area contributed by atoms with E-state index >= 15 is 0 Å². The van der Waals surface area contributed by atoms with E-state index in [2.05, 4.69) is 8.92 Å². The van der Waals surface area contributed by atoms with Gasteiger partial charge in [0.15, 0.2) is 0 Å². The zero-order valence-corrected chi connectivity index (χ0v) is 18.5. The Hall–Kier alpha value is -3.48. The molecule has 1 aliphatic carbocycles. The predicted molar refractivity (Wildman–Crippen MR) is 110 cm³/mol. The van der Waals surface area contributed by atoms with E-state index in [0.717, 1.165) is 36.4 Å². The van der Waals surface area contributed by atoms with E-state index in [1.807, 2.05) is 5.32 Å². The second-order valence-corrected chi connectivity index (χ2v) is 8.25. The van der Waals surface area contributed by atoms with E-state index < -0.39 is 51.2 Å². The minimum Gasteiger partial charge on any atom is -0.468 e. The van der Waals surface area contributed by atoms with E-state index in [4.69, 9.17) is 0 Å². The maximum absolute atomic E-state index is 13.1. The van der Waals surface area contributed by atoms with Gasteiger partial charge >= 0.3 is 21.6 Å². The van der Waals surface area contributed by atoms with Gasteiger partial charge in [-0.2, -0.15) is 21.6 Å². The summed E-state index contributed by atoms with van der Waals surface area (Å²) < 4.78 is 93.0. The molecule has 0 spiro atoms. The highest BCUT2D eigenvalue weighted by atomic mass is 32.2. The molecule has 0 aromatic heterocycles. The number of allylic oxidation sites excluding steroid dienone is 1. The smallest absolute Gasteiger partial charge is 0.468 e. The molecule has 0 saturated carbocycles. The van der Waals surface area contributed by atoms with Crippen LogP contribution in [0.25, 0.3) is 5.76 Å². The van der Waals surface area contributed by atoms with E-state index in [0.29, 0.717) is 12.0 Å². The lowest BCUT2D eigenvalue weighted by Gasteiger charge is -2.11. The van der Waals surface area contributed by atoms with Crippen molar-refractivity contribution in [2.24, 2.45) is 0 Å². The predicted octanol–water partition coefficient (Wildman–Crippen LogP) is 3.63. The Bertz CT molecular complexity index is 1200. The third kappa shape index (κ3) is 6.31. The van der Waals surface area contributed by atoms with Crippen LogP contribution < -0.4 is 5.32 Å². The summed E-state index contributed by atoms with van der Waals surface area (Å²) in [6.45, 7) is 1.36. The first-order valence-corrected chi connectivity index (χ1v) is 10.8. The standard InChI is InChI=1S/C11H9F3O3S.C10H9F2NO3/c1-7-3-2-4-9-8(7)5-6-10(9)17-18(15,16)11(12,13)14;1-16-8(14)5-13-10(15)9-6(11)3-2-4-7(9)12/h2-4,6H,5H2,1H3;2-4H,5H2,1H3,(H,13,15). The number of hydrogen-bond donors (Lipinski definition) is 1. The molecular formula is C21H18F5NO6S. The van der Waals surface area contributed by atoms with Crippen LogP contribution in [-0.2, 0) is 30.3 Å². The van der Waals surface area contributed by atoms with Gasteiger partial charge < -0.3 is 14.2 Å². The summed E-state index contributed by atoms with van der Waals surface area (Å²) >= 11 is 0. The molecule has 0 aliphatic heterocycles. The van der Waals surface area contributed by atoms with Crippen LogP contribution in [0.3, 0.4) is 0 Å². The summed E-state index contributed by atoms with van der Waals surface area (Å²) in [7, 11) is -4.47. The monoisotopic (exact) mass is 507 g/mol. The number of benzene rings is 2. The topological polar surface area (TPSA) is 98.8 Å². The fourth-order valence-corrected chi connectivity index (χ4v) is 3.27. The van der Waals surface area contributed by atoms with Crippen molar-refractivity contribution in [1.29, 1.82) is 0 Å². The Kier molecular flexibility index (Phi) is 8.37. The normalized spacial score (nSPS) is 12.6. The van der Waals surface area contributed by atoms with Gasteiger partial charge in [0.05, 0.1) is 7.11 Å². The molecule has 0 fully saturated rings. The minimum atomic E-state index is -5.61. The van der Waals surface area contributed by atoms with Crippen molar-refractivity contribution in [3.63, 3.8) is 0 Å². The molecule has 0 saturated heterocycles. The largest absolute Gasteiger partial charge is 0.534 e. The highest BCUT2D eigenvalue weighted by Gasteiger charge is 2.49. The van der Waals surface area contributed by atoms with Crippen molar-refractivity contribution >= 4 is 27.8 Å². The van der Waals surface area contributed by atoms with Gasteiger partial charge in [-0.25, -0.2) is 8.78 Å². The van der Waals surface area contributed by atoms with Crippen LogP contribution in [0.4, 0.5) is 22.0 Å². The van der Waals surface area contributed by atoms with Gasteiger partial charge in [-0.3, -0.25) is 9.59 Å². The van der Waals surface area contributed by atoms with Gasteiger partial charge in [0.25, 0.3) is 5.91 Å². The second-order valence-electron chi connectivity index (χ2n) is 6.71. The molecule has 0 atom stereocenters. The van der Waals surface area contributed by atoms with Crippen molar-refractivity contribution in [3.05, 3.63) is 76.4 Å². The van der Waals surface area contributed by atoms with Gasteiger partial charge in [0, 0.05) is 5.56 Å². The first kappa shape index (κ1) is 26.8. The lowest BCUT2D eigenvalue weighted by molar-refractivity contribution is -0.139. The fourth-order valence-electron chi connectivity index (χ4n) is 2.78. The molecule has 0 unspecified atom stereocenters. The zero-order valence-electron chi connectivity index (χ0n) is 17.7. The summed E-state index contributed by atoms with van der Waals surface area (Å²) in [5.74, 6) is -3.93. The number of fused-ring (bicyclic) bond motifs is 1. The zero-order chi connectivity index (χ0) is 25.7. The van der Waals surface area contributed by atoms with Crippen molar-refractivity contribution < 1.29 is 48.9 Å². The number of amides is 1. The summed E-state index contributed by atoms with van der Waals surface area (Å²) in [4.78, 5) is 22.0. The Morgan fingerprint density at radius 3 is 2.21 bits per heavy atom. The van der Waals surface area contributed by atoms with Gasteiger partial charge in [-0.05, 0) is 42.7 Å². The van der Waals surface area contributed by atoms with Gasteiger partial charge in [0.1, 0.15) is 29.5 Å². The highest BCUT2D eigenvalue weighted by Crippen LogP contribution is 2.35. The molecule has 7 nitrogen and oxygen atoms in total. The lowest BCUT2D eigenvalue weighted by atomic mass is 10.0. The third-order valence-corrected chi connectivity index (χ3v) is 5.43. The molecule has 1 N–H and O–H groups in total. The van der Waals surface area contributed by atoms with Crippen LogP contribution in [-0.4, -0.2) is 39.5 Å². The van der Waals surface area contributed by atoms with Gasteiger partial charge in [0.2, 0.25) is 0 Å². The Labute approximate surface area is 191 Å². The number of aryl methyl sites for hydroxylation is 1. The maximum atomic E-state index is 13.1. The van der Waals surface area contributed by atoms with Crippen LogP contribution in [0.2, 0.25) is 0 Å². The number of carbonyl (C=O) groups is 2. The third-order valence-electron chi connectivity index (χ3n) is 4.46. The van der Waals surface area contributed by atoms with Crippen LogP contribution in [0, 0.1) is 18.6 Å². The summed E-state index contributed by atoms with van der Waals surface area (Å²) in [6.07, 6.45) is 1.70. The number of rotatable bonds is 5. The number of ether oxygens (including phenoxy) is 1. The number of nitrogens with one attached hydrogen (secondary N) is 1. The van der Waals surface area contributed by atoms with E-state index in [1.165, 1.54) is 12.1 Å². The highest BCUT2D eigenvalue weighted by molar-refractivity contribution is 7.87. The van der Waals surface area contributed by atoms with Crippen molar-refractivity contribution in [2.45, 2.75) is 18.9 Å². The van der Waals surface area contributed by atoms with Crippen LogP contribution in [0.1, 0.15) is 27.0 Å². The first-order chi connectivity index (χ1) is 15.8. The van der Waals surface area contributed by atoms with Crippen LogP contribution >= 0.6 is 0 Å². The average molecular weight is 507 g/mol. The Morgan fingerprint density at radius 2 is 1.65 bits per heavy atom. The van der Waals surface area contributed by atoms with E-state index in [9.17, 15) is 40.0 Å². The number of esters is 1.